The van der Waals surface area contributed by atoms with Gasteiger partial charge >= 0.3 is 0 Å². The van der Waals surface area contributed by atoms with Crippen LogP contribution in [0, 0.1) is 12.8 Å². The van der Waals surface area contributed by atoms with Crippen LogP contribution in [-0.4, -0.2) is 55.1 Å². The maximum Gasteiger partial charge on any atom is 0.283 e. The van der Waals surface area contributed by atoms with Crippen LogP contribution in [0.15, 0.2) is 83.9 Å². The molecule has 1 saturated carbocycles. The van der Waals surface area contributed by atoms with Crippen molar-refractivity contribution in [2.45, 2.75) is 49.5 Å². The van der Waals surface area contributed by atoms with Gasteiger partial charge in [0.15, 0.2) is 0 Å². The fraction of sp³-hybridized carbons (Fsp3) is 0.355. The Labute approximate surface area is 230 Å². The maximum absolute atomic E-state index is 13.2. The van der Waals surface area contributed by atoms with E-state index in [-0.39, 0.29) is 22.8 Å². The van der Waals surface area contributed by atoms with Gasteiger partial charge in [-0.05, 0) is 87.5 Å². The standard InChI is InChI=1S/C31H36N4O3S/c1-22-9-14-28(15-10-22)39(37,38)35-30-16-11-23(17-26(30)20-33-35)18-27(34(2)3)21-32-31(36)19-29(25-12-13-25)24-7-5-4-6-8-24/h4-11,14-17,20,25,27,29H,12-13,18-19,21H2,1-3H3,(H,32,36)/t27-,29+/m0/s1. The number of nitrogens with one attached hydrogen (secondary N) is 1. The van der Waals surface area contributed by atoms with Gasteiger partial charge in [-0.1, -0.05) is 54.1 Å². The van der Waals surface area contributed by atoms with Crippen LogP contribution < -0.4 is 5.32 Å². The van der Waals surface area contributed by atoms with Crippen molar-refractivity contribution in [3.05, 3.63) is 95.7 Å². The molecule has 204 valence electrons. The van der Waals surface area contributed by atoms with Gasteiger partial charge in [-0.3, -0.25) is 4.79 Å². The molecule has 1 aliphatic carbocycles. The molecule has 5 rings (SSSR count). The second-order valence-corrected chi connectivity index (χ2v) is 12.7. The van der Waals surface area contributed by atoms with Crippen molar-refractivity contribution in [2.24, 2.45) is 5.92 Å². The van der Waals surface area contributed by atoms with Gasteiger partial charge in [0.05, 0.1) is 16.6 Å². The highest BCUT2D eigenvalue weighted by Gasteiger charge is 2.33. The smallest absolute Gasteiger partial charge is 0.283 e. The molecule has 8 heteroatoms. The molecule has 0 unspecified atom stereocenters. The molecular weight excluding hydrogens is 508 g/mol. The summed E-state index contributed by atoms with van der Waals surface area (Å²) in [6.07, 6.45) is 5.20. The minimum atomic E-state index is -3.79. The minimum Gasteiger partial charge on any atom is -0.355 e. The number of benzene rings is 3. The zero-order valence-corrected chi connectivity index (χ0v) is 23.6. The predicted molar refractivity (Wildman–Crippen MR) is 154 cm³/mol. The lowest BCUT2D eigenvalue weighted by Gasteiger charge is -2.25. The number of aromatic nitrogens is 2. The number of hydrogen-bond acceptors (Lipinski definition) is 5. The largest absolute Gasteiger partial charge is 0.355 e. The average Bonchev–Trinajstić information content (AvgIpc) is 3.68. The third-order valence-electron chi connectivity index (χ3n) is 7.71. The summed E-state index contributed by atoms with van der Waals surface area (Å²) in [6.45, 7) is 2.46. The number of fused-ring (bicyclic) bond motifs is 1. The van der Waals surface area contributed by atoms with Gasteiger partial charge in [-0.2, -0.15) is 17.6 Å². The highest BCUT2D eigenvalue weighted by molar-refractivity contribution is 7.90. The van der Waals surface area contributed by atoms with E-state index in [9.17, 15) is 13.2 Å². The highest BCUT2D eigenvalue weighted by Crippen LogP contribution is 2.44. The molecule has 0 saturated heterocycles. The first-order valence-corrected chi connectivity index (χ1v) is 14.9. The third-order valence-corrected chi connectivity index (χ3v) is 9.32. The molecular formula is C31H36N4O3S. The van der Waals surface area contributed by atoms with Gasteiger partial charge in [0, 0.05) is 24.4 Å². The van der Waals surface area contributed by atoms with Gasteiger partial charge in [-0.15, -0.1) is 0 Å². The van der Waals surface area contributed by atoms with E-state index in [2.05, 4.69) is 27.4 Å². The molecule has 0 spiro atoms. The number of hydrogen-bond donors (Lipinski definition) is 1. The summed E-state index contributed by atoms with van der Waals surface area (Å²) in [5.74, 6) is 0.963. The van der Waals surface area contributed by atoms with Gasteiger partial charge in [-0.25, -0.2) is 0 Å². The number of likely N-dealkylation sites (N-methyl/N-ethyl adjacent to an activating group) is 1. The van der Waals surface area contributed by atoms with Gasteiger partial charge < -0.3 is 10.2 Å². The van der Waals surface area contributed by atoms with Crippen LogP contribution in [0.1, 0.15) is 41.9 Å². The van der Waals surface area contributed by atoms with Crippen LogP contribution in [-0.2, 0) is 21.2 Å². The van der Waals surface area contributed by atoms with E-state index in [1.807, 2.05) is 57.4 Å². The normalized spacial score (nSPS) is 15.4. The number of amides is 1. The second-order valence-electron chi connectivity index (χ2n) is 10.9. The lowest BCUT2D eigenvalue weighted by molar-refractivity contribution is -0.121. The Hall–Kier alpha value is -3.49. The Morgan fingerprint density at radius 1 is 1.05 bits per heavy atom. The van der Waals surface area contributed by atoms with Crippen molar-refractivity contribution in [3.63, 3.8) is 0 Å². The molecule has 7 nitrogen and oxygen atoms in total. The Morgan fingerprint density at radius 2 is 1.77 bits per heavy atom. The Morgan fingerprint density at radius 3 is 2.44 bits per heavy atom. The van der Waals surface area contributed by atoms with Crippen molar-refractivity contribution in [1.82, 2.24) is 19.4 Å². The second kappa shape index (κ2) is 11.3. The number of aryl methyl sites for hydroxylation is 1. The van der Waals surface area contributed by atoms with Crippen molar-refractivity contribution < 1.29 is 13.2 Å². The summed E-state index contributed by atoms with van der Waals surface area (Å²) in [5.41, 5.74) is 3.84. The van der Waals surface area contributed by atoms with E-state index < -0.39 is 10.0 Å². The molecule has 1 aromatic heterocycles. The molecule has 0 radical (unpaired) electrons. The summed E-state index contributed by atoms with van der Waals surface area (Å²) >= 11 is 0. The van der Waals surface area contributed by atoms with Crippen molar-refractivity contribution in [3.8, 4) is 0 Å². The Balaban J connectivity index is 1.25. The molecule has 1 heterocycles. The first-order chi connectivity index (χ1) is 18.7. The van der Waals surface area contributed by atoms with Crippen LogP contribution in [0.3, 0.4) is 0 Å². The van der Waals surface area contributed by atoms with E-state index in [4.69, 9.17) is 0 Å². The number of carbonyl (C=O) groups is 1. The van der Waals surface area contributed by atoms with Crippen molar-refractivity contribution >= 4 is 26.8 Å². The van der Waals surface area contributed by atoms with Crippen molar-refractivity contribution in [2.75, 3.05) is 20.6 Å². The fourth-order valence-electron chi connectivity index (χ4n) is 5.16. The topological polar surface area (TPSA) is 84.3 Å². The van der Waals surface area contributed by atoms with Crippen LogP contribution in [0.2, 0.25) is 0 Å². The Bertz CT molecular complexity index is 1540. The monoisotopic (exact) mass is 544 g/mol. The fourth-order valence-corrected chi connectivity index (χ4v) is 6.43. The van der Waals surface area contributed by atoms with Gasteiger partial charge in [0.25, 0.3) is 10.0 Å². The summed E-state index contributed by atoms with van der Waals surface area (Å²) < 4.78 is 27.5. The molecule has 39 heavy (non-hydrogen) atoms. The highest BCUT2D eigenvalue weighted by atomic mass is 32.2. The molecule has 0 aliphatic heterocycles. The third kappa shape index (κ3) is 6.23. The van der Waals surface area contributed by atoms with Crippen LogP contribution in [0.5, 0.6) is 0 Å². The number of nitrogens with zero attached hydrogens (tertiary/aromatic N) is 3. The van der Waals surface area contributed by atoms with E-state index in [1.54, 1.807) is 30.5 Å². The van der Waals surface area contributed by atoms with Crippen LogP contribution >= 0.6 is 0 Å². The van der Waals surface area contributed by atoms with Gasteiger partial charge in [0.1, 0.15) is 0 Å². The van der Waals surface area contributed by atoms with E-state index >= 15 is 0 Å². The summed E-state index contributed by atoms with van der Waals surface area (Å²) in [5, 5.41) is 8.15. The molecule has 1 N–H and O–H groups in total. The predicted octanol–water partition coefficient (Wildman–Crippen LogP) is 4.75. The quantitative estimate of drug-likeness (QED) is 0.295. The van der Waals surface area contributed by atoms with Gasteiger partial charge in [0.2, 0.25) is 5.91 Å². The summed E-state index contributed by atoms with van der Waals surface area (Å²) in [7, 11) is 0.236. The summed E-state index contributed by atoms with van der Waals surface area (Å²) in [6, 6.07) is 23.0. The first kappa shape index (κ1) is 27.1. The van der Waals surface area contributed by atoms with Crippen LogP contribution in [0.4, 0.5) is 0 Å². The van der Waals surface area contributed by atoms with E-state index in [0.29, 0.717) is 30.8 Å². The molecule has 2 atom stereocenters. The maximum atomic E-state index is 13.2. The van der Waals surface area contributed by atoms with E-state index in [1.165, 1.54) is 18.4 Å². The molecule has 1 fully saturated rings. The van der Waals surface area contributed by atoms with E-state index in [0.717, 1.165) is 20.6 Å². The first-order valence-electron chi connectivity index (χ1n) is 13.5. The molecule has 3 aromatic carbocycles. The molecule has 0 bridgehead atoms. The minimum absolute atomic E-state index is 0.0839. The van der Waals surface area contributed by atoms with Crippen molar-refractivity contribution in [1.29, 1.82) is 0 Å². The number of carbonyl (C=O) groups excluding carboxylic acids is 1. The van der Waals surface area contributed by atoms with Crippen LogP contribution in [0.25, 0.3) is 10.9 Å². The molecule has 1 amide bonds. The zero-order chi connectivity index (χ0) is 27.6. The SMILES string of the molecule is Cc1ccc(S(=O)(=O)n2ncc3cc(C[C@@H](CNC(=O)C[C@H](c4ccccc4)C4CC4)N(C)C)ccc32)cc1. The Kier molecular flexibility index (Phi) is 7.86. The lowest BCUT2D eigenvalue weighted by atomic mass is 9.90. The number of rotatable bonds is 11. The zero-order valence-electron chi connectivity index (χ0n) is 22.7. The molecule has 4 aromatic rings. The molecule has 1 aliphatic rings. The lowest BCUT2D eigenvalue weighted by Crippen LogP contribution is -2.42. The average molecular weight is 545 g/mol. The summed E-state index contributed by atoms with van der Waals surface area (Å²) in [4.78, 5) is 15.3.